The van der Waals surface area contributed by atoms with Gasteiger partial charge in [0.05, 0.1) is 5.71 Å². The van der Waals surface area contributed by atoms with Gasteiger partial charge in [-0.05, 0) is 24.8 Å². The summed E-state index contributed by atoms with van der Waals surface area (Å²) in [6, 6.07) is 8.12. The van der Waals surface area contributed by atoms with Crippen molar-refractivity contribution in [1.82, 2.24) is 0 Å². The predicted octanol–water partition coefficient (Wildman–Crippen LogP) is 2.29. The third-order valence-electron chi connectivity index (χ3n) is 2.47. The number of hydrogen-bond donors (Lipinski definition) is 0. The molecule has 2 rings (SSSR count). The van der Waals surface area contributed by atoms with E-state index in [4.69, 9.17) is 0 Å². The highest BCUT2D eigenvalue weighted by molar-refractivity contribution is 6.02. The molecule has 0 fully saturated rings. The average molecular weight is 203 g/mol. The van der Waals surface area contributed by atoms with Gasteiger partial charge in [0.15, 0.2) is 0 Å². The maximum absolute atomic E-state index is 10.7. The zero-order valence-corrected chi connectivity index (χ0v) is 8.69. The van der Waals surface area contributed by atoms with Gasteiger partial charge < -0.3 is 4.84 Å². The smallest absolute Gasteiger partial charge is 0.318 e. The lowest BCUT2D eigenvalue weighted by molar-refractivity contribution is -0.140. The fraction of sp³-hybridized carbons (Fsp3) is 0.333. The third-order valence-corrected chi connectivity index (χ3v) is 2.47. The van der Waals surface area contributed by atoms with Crippen LogP contribution in [0.4, 0.5) is 0 Å². The first-order valence-corrected chi connectivity index (χ1v) is 5.10. The van der Waals surface area contributed by atoms with Crippen LogP contribution in [0.15, 0.2) is 29.4 Å². The van der Waals surface area contributed by atoms with E-state index in [0.29, 0.717) is 0 Å². The molecule has 0 amide bonds. The van der Waals surface area contributed by atoms with Gasteiger partial charge in [0.2, 0.25) is 0 Å². The highest BCUT2D eigenvalue weighted by atomic mass is 16.7. The molecule has 3 nitrogen and oxygen atoms in total. The van der Waals surface area contributed by atoms with Gasteiger partial charge in [0, 0.05) is 12.5 Å². The number of rotatable bonds is 1. The van der Waals surface area contributed by atoms with Crippen molar-refractivity contribution in [2.24, 2.45) is 5.16 Å². The minimum absolute atomic E-state index is 0.370. The van der Waals surface area contributed by atoms with E-state index >= 15 is 0 Å². The Morgan fingerprint density at radius 3 is 2.93 bits per heavy atom. The summed E-state index contributed by atoms with van der Waals surface area (Å²) < 4.78 is 0. The molecule has 15 heavy (non-hydrogen) atoms. The van der Waals surface area contributed by atoms with E-state index in [1.807, 2.05) is 18.2 Å². The number of oxime groups is 1. The number of carbonyl (C=O) groups is 1. The largest absolute Gasteiger partial charge is 0.331 e. The van der Waals surface area contributed by atoms with Crippen LogP contribution < -0.4 is 0 Å². The Morgan fingerprint density at radius 1 is 1.33 bits per heavy atom. The molecule has 1 aromatic rings. The summed E-state index contributed by atoms with van der Waals surface area (Å²) in [6.07, 6.45) is 3.02. The molecule has 0 N–H and O–H groups in total. The number of carbonyl (C=O) groups excluding carboxylic acids is 1. The Bertz CT molecular complexity index is 410. The number of fused-ring (bicyclic) bond motifs is 1. The summed E-state index contributed by atoms with van der Waals surface area (Å²) in [5, 5.41) is 3.89. The number of hydrogen-bond acceptors (Lipinski definition) is 3. The molecule has 0 aromatic heterocycles. The quantitative estimate of drug-likeness (QED) is 0.519. The second kappa shape index (κ2) is 4.26. The lowest BCUT2D eigenvalue weighted by atomic mass is 9.90. The van der Waals surface area contributed by atoms with Crippen molar-refractivity contribution >= 4 is 11.7 Å². The van der Waals surface area contributed by atoms with Gasteiger partial charge in [-0.3, -0.25) is 0 Å². The molecule has 1 aliphatic rings. The maximum Gasteiger partial charge on any atom is 0.331 e. The van der Waals surface area contributed by atoms with E-state index in [2.05, 4.69) is 16.1 Å². The zero-order chi connectivity index (χ0) is 10.7. The van der Waals surface area contributed by atoms with Crippen molar-refractivity contribution in [3.8, 4) is 0 Å². The molecule has 0 saturated heterocycles. The Balaban J connectivity index is 2.29. The number of aryl methyl sites for hydroxylation is 1. The second-order valence-electron chi connectivity index (χ2n) is 3.63. The zero-order valence-electron chi connectivity index (χ0n) is 8.69. The number of benzene rings is 1. The van der Waals surface area contributed by atoms with Crippen LogP contribution in [0.2, 0.25) is 0 Å². The fourth-order valence-corrected chi connectivity index (χ4v) is 1.81. The molecule has 1 aromatic carbocycles. The van der Waals surface area contributed by atoms with Crippen molar-refractivity contribution in [3.63, 3.8) is 0 Å². The van der Waals surface area contributed by atoms with Crippen molar-refractivity contribution in [1.29, 1.82) is 0 Å². The summed E-state index contributed by atoms with van der Waals surface area (Å²) in [5.41, 5.74) is 3.28. The first-order chi connectivity index (χ1) is 7.27. The van der Waals surface area contributed by atoms with Crippen LogP contribution in [-0.2, 0) is 16.1 Å². The molecule has 0 bridgehead atoms. The molecule has 0 unspecified atom stereocenters. The van der Waals surface area contributed by atoms with Crippen LogP contribution >= 0.6 is 0 Å². The third kappa shape index (κ3) is 2.24. The van der Waals surface area contributed by atoms with Crippen LogP contribution in [0, 0.1) is 0 Å². The Morgan fingerprint density at radius 2 is 2.13 bits per heavy atom. The van der Waals surface area contributed by atoms with Crippen LogP contribution in [0.3, 0.4) is 0 Å². The standard InChI is InChI=1S/C12H13NO2/c1-9(14)15-13-12-8-4-6-10-5-2-3-7-11(10)12/h2-3,5,7H,4,6,8H2,1H3/b13-12+. The van der Waals surface area contributed by atoms with Crippen molar-refractivity contribution < 1.29 is 9.63 Å². The van der Waals surface area contributed by atoms with E-state index in [-0.39, 0.29) is 5.97 Å². The summed E-state index contributed by atoms with van der Waals surface area (Å²) in [4.78, 5) is 15.4. The van der Waals surface area contributed by atoms with Gasteiger partial charge in [0.1, 0.15) is 0 Å². The van der Waals surface area contributed by atoms with E-state index in [0.717, 1.165) is 30.5 Å². The van der Waals surface area contributed by atoms with Gasteiger partial charge in [-0.15, -0.1) is 0 Å². The SMILES string of the molecule is CC(=O)O/N=C1\CCCc2ccccc21. The molecule has 0 heterocycles. The monoisotopic (exact) mass is 203 g/mol. The van der Waals surface area contributed by atoms with Crippen LogP contribution in [0.1, 0.15) is 30.9 Å². The summed E-state index contributed by atoms with van der Waals surface area (Å²) in [7, 11) is 0. The summed E-state index contributed by atoms with van der Waals surface area (Å²) in [6.45, 7) is 1.36. The number of nitrogens with zero attached hydrogens (tertiary/aromatic N) is 1. The molecule has 0 saturated carbocycles. The lowest BCUT2D eigenvalue weighted by Gasteiger charge is -2.16. The topological polar surface area (TPSA) is 38.7 Å². The van der Waals surface area contributed by atoms with Crippen LogP contribution in [0.25, 0.3) is 0 Å². The van der Waals surface area contributed by atoms with Crippen molar-refractivity contribution in [2.75, 3.05) is 0 Å². The molecular weight excluding hydrogens is 190 g/mol. The van der Waals surface area contributed by atoms with E-state index in [1.54, 1.807) is 0 Å². The van der Waals surface area contributed by atoms with Gasteiger partial charge in [-0.1, -0.05) is 29.4 Å². The van der Waals surface area contributed by atoms with Gasteiger partial charge >= 0.3 is 5.97 Å². The Kier molecular flexibility index (Phi) is 2.81. The minimum atomic E-state index is -0.370. The Hall–Kier alpha value is -1.64. The van der Waals surface area contributed by atoms with Gasteiger partial charge in [-0.25, -0.2) is 4.79 Å². The van der Waals surface area contributed by atoms with Gasteiger partial charge in [0.25, 0.3) is 0 Å². The molecule has 0 atom stereocenters. The molecule has 78 valence electrons. The molecule has 1 aliphatic carbocycles. The molecule has 0 radical (unpaired) electrons. The Labute approximate surface area is 88.7 Å². The minimum Gasteiger partial charge on any atom is -0.318 e. The van der Waals surface area contributed by atoms with Gasteiger partial charge in [-0.2, -0.15) is 0 Å². The molecular formula is C12H13NO2. The first-order valence-electron chi connectivity index (χ1n) is 5.10. The fourth-order valence-electron chi connectivity index (χ4n) is 1.81. The van der Waals surface area contributed by atoms with Crippen LogP contribution in [0.5, 0.6) is 0 Å². The predicted molar refractivity (Wildman–Crippen MR) is 57.7 cm³/mol. The maximum atomic E-state index is 10.7. The second-order valence-corrected chi connectivity index (χ2v) is 3.63. The van der Waals surface area contributed by atoms with Crippen molar-refractivity contribution in [3.05, 3.63) is 35.4 Å². The highest BCUT2D eigenvalue weighted by Gasteiger charge is 2.15. The molecule has 3 heteroatoms. The first kappa shape index (κ1) is 9.90. The van der Waals surface area contributed by atoms with Crippen molar-refractivity contribution in [2.45, 2.75) is 26.2 Å². The summed E-state index contributed by atoms with van der Waals surface area (Å²) in [5.74, 6) is -0.370. The molecule has 0 aliphatic heterocycles. The van der Waals surface area contributed by atoms with E-state index in [9.17, 15) is 4.79 Å². The van der Waals surface area contributed by atoms with E-state index < -0.39 is 0 Å². The average Bonchev–Trinajstić information content (AvgIpc) is 2.26. The highest BCUT2D eigenvalue weighted by Crippen LogP contribution is 2.21. The normalized spacial score (nSPS) is 17.3. The molecule has 0 spiro atoms. The summed E-state index contributed by atoms with van der Waals surface area (Å²) >= 11 is 0. The van der Waals surface area contributed by atoms with E-state index in [1.165, 1.54) is 12.5 Å². The van der Waals surface area contributed by atoms with Crippen LogP contribution in [-0.4, -0.2) is 11.7 Å². The lowest BCUT2D eigenvalue weighted by Crippen LogP contribution is -2.12.